The van der Waals surface area contributed by atoms with Crippen LogP contribution in [0.4, 0.5) is 0 Å². The van der Waals surface area contributed by atoms with E-state index in [0.29, 0.717) is 24.4 Å². The zero-order chi connectivity index (χ0) is 17.1. The zero-order valence-electron chi connectivity index (χ0n) is 13.9. The summed E-state index contributed by atoms with van der Waals surface area (Å²) in [6, 6.07) is 8.44. The van der Waals surface area contributed by atoms with Crippen molar-refractivity contribution in [3.63, 3.8) is 0 Å². The molecule has 0 unspecified atom stereocenters. The molecule has 4 nitrogen and oxygen atoms in total. The second-order valence-electron chi connectivity index (χ2n) is 6.31. The minimum atomic E-state index is 0.0955. The van der Waals surface area contributed by atoms with Gasteiger partial charge in [0.2, 0.25) is 5.91 Å². The fraction of sp³-hybridized carbons (Fsp3) is 0.368. The molecule has 0 bridgehead atoms. The van der Waals surface area contributed by atoms with E-state index in [1.165, 1.54) is 11.1 Å². The van der Waals surface area contributed by atoms with Crippen molar-refractivity contribution in [3.05, 3.63) is 65.0 Å². The second kappa shape index (κ2) is 7.22. The lowest BCUT2D eigenvalue weighted by atomic mass is 10.1. The minimum absolute atomic E-state index is 0.0955. The van der Waals surface area contributed by atoms with E-state index in [4.69, 9.17) is 11.6 Å². The molecule has 0 spiro atoms. The van der Waals surface area contributed by atoms with Crippen LogP contribution in [0.1, 0.15) is 35.6 Å². The van der Waals surface area contributed by atoms with E-state index in [0.717, 1.165) is 18.4 Å². The summed E-state index contributed by atoms with van der Waals surface area (Å²) < 4.78 is 1.76. The number of carbonyl (C=O) groups is 1. The third kappa shape index (κ3) is 3.70. The summed E-state index contributed by atoms with van der Waals surface area (Å²) in [4.78, 5) is 14.7. The van der Waals surface area contributed by atoms with Gasteiger partial charge in [-0.25, -0.2) is 0 Å². The molecule has 0 saturated heterocycles. The molecule has 1 heterocycles. The van der Waals surface area contributed by atoms with Gasteiger partial charge in [0.1, 0.15) is 0 Å². The van der Waals surface area contributed by atoms with Gasteiger partial charge in [-0.3, -0.25) is 9.48 Å². The van der Waals surface area contributed by atoms with Crippen molar-refractivity contribution in [2.24, 2.45) is 7.05 Å². The zero-order valence-corrected chi connectivity index (χ0v) is 14.7. The number of aromatic nitrogens is 2. The summed E-state index contributed by atoms with van der Waals surface area (Å²) in [7, 11) is 1.88. The molecular weight excluding hydrogens is 322 g/mol. The largest absolute Gasteiger partial charge is 0.330 e. The number of aryl methyl sites for hydroxylation is 3. The fourth-order valence-electron chi connectivity index (χ4n) is 3.41. The molecule has 3 rings (SSSR count). The highest BCUT2D eigenvalue weighted by molar-refractivity contribution is 6.29. The minimum Gasteiger partial charge on any atom is -0.330 e. The first kappa shape index (κ1) is 16.8. The molecule has 1 aromatic heterocycles. The smallest absolute Gasteiger partial charge is 0.223 e. The third-order valence-corrected chi connectivity index (χ3v) is 4.65. The monoisotopic (exact) mass is 343 g/mol. The lowest BCUT2D eigenvalue weighted by Gasteiger charge is -2.29. The van der Waals surface area contributed by atoms with Crippen LogP contribution in [-0.4, -0.2) is 27.1 Å². The maximum Gasteiger partial charge on any atom is 0.223 e. The first-order valence-corrected chi connectivity index (χ1v) is 8.60. The Balaban J connectivity index is 1.74. The van der Waals surface area contributed by atoms with Crippen molar-refractivity contribution in [1.82, 2.24) is 14.7 Å². The molecule has 1 aromatic carbocycles. The number of benzene rings is 1. The summed E-state index contributed by atoms with van der Waals surface area (Å²) in [5.41, 5.74) is 3.64. The summed E-state index contributed by atoms with van der Waals surface area (Å²) in [6.07, 6.45) is 6.84. The summed E-state index contributed by atoms with van der Waals surface area (Å²) in [5, 5.41) is 4.65. The number of carbonyl (C=O) groups excluding carboxylic acids is 1. The molecule has 5 heteroatoms. The number of halogens is 1. The van der Waals surface area contributed by atoms with Crippen LogP contribution in [0, 0.1) is 0 Å². The van der Waals surface area contributed by atoms with E-state index >= 15 is 0 Å². The molecule has 0 fully saturated rings. The highest BCUT2D eigenvalue weighted by atomic mass is 35.5. The normalized spacial score (nSPS) is 16.0. The van der Waals surface area contributed by atoms with Gasteiger partial charge in [-0.2, -0.15) is 5.10 Å². The Bertz CT molecular complexity index is 753. The Hall–Kier alpha value is -2.07. The number of fused-ring (bicyclic) bond motifs is 1. The van der Waals surface area contributed by atoms with Crippen molar-refractivity contribution >= 4 is 17.5 Å². The van der Waals surface area contributed by atoms with Crippen LogP contribution in [0.25, 0.3) is 0 Å². The summed E-state index contributed by atoms with van der Waals surface area (Å²) >= 11 is 6.04. The van der Waals surface area contributed by atoms with Crippen molar-refractivity contribution in [2.75, 3.05) is 6.54 Å². The fourth-order valence-corrected chi connectivity index (χ4v) is 3.54. The average molecular weight is 344 g/mol. The predicted octanol–water partition coefficient (Wildman–Crippen LogP) is 3.62. The van der Waals surface area contributed by atoms with Gasteiger partial charge in [0, 0.05) is 24.7 Å². The van der Waals surface area contributed by atoms with Gasteiger partial charge in [0.05, 0.1) is 18.8 Å². The SMILES string of the molecule is C=C(Cl)CN(C(=O)CCc1cnn(C)c1)[C@@H]1CCc2ccccc21. The van der Waals surface area contributed by atoms with Gasteiger partial charge < -0.3 is 4.90 Å². The van der Waals surface area contributed by atoms with E-state index in [-0.39, 0.29) is 11.9 Å². The number of nitrogens with zero attached hydrogens (tertiary/aromatic N) is 3. The average Bonchev–Trinajstić information content (AvgIpc) is 3.16. The Morgan fingerprint density at radius 2 is 2.25 bits per heavy atom. The topological polar surface area (TPSA) is 38.1 Å². The summed E-state index contributed by atoms with van der Waals surface area (Å²) in [5.74, 6) is 0.113. The summed E-state index contributed by atoms with van der Waals surface area (Å²) in [6.45, 7) is 4.18. The quantitative estimate of drug-likeness (QED) is 0.803. The van der Waals surface area contributed by atoms with Gasteiger partial charge in [-0.1, -0.05) is 42.4 Å². The van der Waals surface area contributed by atoms with E-state index in [1.807, 2.05) is 30.4 Å². The maximum atomic E-state index is 12.9. The number of rotatable bonds is 6. The van der Waals surface area contributed by atoms with Gasteiger partial charge in [-0.05, 0) is 36.0 Å². The molecule has 0 radical (unpaired) electrons. The molecule has 1 aliphatic rings. The van der Waals surface area contributed by atoms with E-state index in [1.54, 1.807) is 4.68 Å². The first-order chi connectivity index (χ1) is 11.5. The second-order valence-corrected chi connectivity index (χ2v) is 6.85. The van der Waals surface area contributed by atoms with Crippen LogP contribution in [0.3, 0.4) is 0 Å². The predicted molar refractivity (Wildman–Crippen MR) is 95.7 cm³/mol. The first-order valence-electron chi connectivity index (χ1n) is 8.22. The van der Waals surface area contributed by atoms with Crippen LogP contribution >= 0.6 is 11.6 Å². The Labute approximate surface area is 147 Å². The molecule has 0 aliphatic heterocycles. The van der Waals surface area contributed by atoms with Gasteiger partial charge in [-0.15, -0.1) is 0 Å². The number of amides is 1. The Kier molecular flexibility index (Phi) is 5.05. The molecule has 0 N–H and O–H groups in total. The Morgan fingerprint density at radius 1 is 1.46 bits per heavy atom. The Morgan fingerprint density at radius 3 is 2.96 bits per heavy atom. The van der Waals surface area contributed by atoms with Crippen LogP contribution in [0.5, 0.6) is 0 Å². The van der Waals surface area contributed by atoms with Gasteiger partial charge in [0.15, 0.2) is 0 Å². The third-order valence-electron chi connectivity index (χ3n) is 4.53. The molecule has 126 valence electrons. The van der Waals surface area contributed by atoms with Crippen molar-refractivity contribution in [2.45, 2.75) is 31.7 Å². The highest BCUT2D eigenvalue weighted by Crippen LogP contribution is 2.36. The highest BCUT2D eigenvalue weighted by Gasteiger charge is 2.30. The number of hydrogen-bond acceptors (Lipinski definition) is 2. The molecule has 0 saturated carbocycles. The van der Waals surface area contributed by atoms with E-state index in [9.17, 15) is 4.79 Å². The van der Waals surface area contributed by atoms with Crippen LogP contribution in [0.15, 0.2) is 48.3 Å². The van der Waals surface area contributed by atoms with Crippen LogP contribution < -0.4 is 0 Å². The molecule has 1 aliphatic carbocycles. The van der Waals surface area contributed by atoms with Crippen LogP contribution in [0.2, 0.25) is 0 Å². The molecule has 1 atom stereocenters. The van der Waals surface area contributed by atoms with Crippen molar-refractivity contribution in [3.8, 4) is 0 Å². The number of hydrogen-bond donors (Lipinski definition) is 0. The standard InChI is InChI=1S/C19H22ClN3O/c1-14(20)12-23(18-9-8-16-5-3-4-6-17(16)18)19(24)10-7-15-11-21-22(2)13-15/h3-6,11,13,18H,1,7-10,12H2,2H3/t18-/m1/s1. The molecule has 1 amide bonds. The van der Waals surface area contributed by atoms with Gasteiger partial charge >= 0.3 is 0 Å². The van der Waals surface area contributed by atoms with Crippen molar-refractivity contribution in [1.29, 1.82) is 0 Å². The van der Waals surface area contributed by atoms with Gasteiger partial charge in [0.25, 0.3) is 0 Å². The molecular formula is C19H22ClN3O. The molecule has 2 aromatic rings. The molecule has 24 heavy (non-hydrogen) atoms. The van der Waals surface area contributed by atoms with Crippen molar-refractivity contribution < 1.29 is 4.79 Å². The van der Waals surface area contributed by atoms with E-state index in [2.05, 4.69) is 29.9 Å². The maximum absolute atomic E-state index is 12.9. The lowest BCUT2D eigenvalue weighted by molar-refractivity contribution is -0.133. The van der Waals surface area contributed by atoms with E-state index < -0.39 is 0 Å². The van der Waals surface area contributed by atoms with Crippen LogP contribution in [-0.2, 0) is 24.7 Å². The lowest BCUT2D eigenvalue weighted by Crippen LogP contribution is -2.35.